The van der Waals surface area contributed by atoms with Gasteiger partial charge < -0.3 is 10.1 Å². The number of amides is 1. The first-order valence-electron chi connectivity index (χ1n) is 7.55. The topological polar surface area (TPSA) is 83.1 Å². The van der Waals surface area contributed by atoms with Crippen molar-refractivity contribution in [2.75, 3.05) is 32.8 Å². The van der Waals surface area contributed by atoms with E-state index in [-0.39, 0.29) is 11.7 Å². The molecule has 0 bridgehead atoms. The van der Waals surface area contributed by atoms with Gasteiger partial charge in [0.05, 0.1) is 13.2 Å². The standard InChI is InChI=1S/C14H25N5O2/c1-10(2)8-12(19-4-6-21-7-5-19)9-15-14(20)13-16-11(3)17-18-13/h10,12H,4-9H2,1-3H3,(H,15,20)(H,16,17,18). The maximum atomic E-state index is 12.0. The number of nitrogens with zero attached hydrogens (tertiary/aromatic N) is 3. The monoisotopic (exact) mass is 295 g/mol. The van der Waals surface area contributed by atoms with Crippen molar-refractivity contribution < 1.29 is 9.53 Å². The molecule has 1 aromatic heterocycles. The number of aromatic nitrogens is 3. The van der Waals surface area contributed by atoms with Crippen LogP contribution < -0.4 is 5.32 Å². The number of morpholine rings is 1. The van der Waals surface area contributed by atoms with Crippen LogP contribution in [0.25, 0.3) is 0 Å². The Kier molecular flexibility index (Phi) is 5.69. The third kappa shape index (κ3) is 4.78. The van der Waals surface area contributed by atoms with Crippen LogP contribution in [0.2, 0.25) is 0 Å². The van der Waals surface area contributed by atoms with Crippen LogP contribution in [0.1, 0.15) is 36.7 Å². The summed E-state index contributed by atoms with van der Waals surface area (Å²) in [5.41, 5.74) is 0. The number of rotatable bonds is 6. The molecule has 1 aliphatic rings. The average Bonchev–Trinajstić information content (AvgIpc) is 2.90. The third-order valence-corrected chi connectivity index (χ3v) is 3.60. The molecule has 0 aromatic carbocycles. The van der Waals surface area contributed by atoms with Gasteiger partial charge in [0.25, 0.3) is 5.91 Å². The lowest BCUT2D eigenvalue weighted by molar-refractivity contribution is 0.0124. The van der Waals surface area contributed by atoms with E-state index in [4.69, 9.17) is 4.74 Å². The van der Waals surface area contributed by atoms with Crippen molar-refractivity contribution in [2.24, 2.45) is 5.92 Å². The van der Waals surface area contributed by atoms with Gasteiger partial charge in [0.15, 0.2) is 0 Å². The molecule has 1 fully saturated rings. The van der Waals surface area contributed by atoms with Gasteiger partial charge in [-0.15, -0.1) is 5.10 Å². The summed E-state index contributed by atoms with van der Waals surface area (Å²) in [4.78, 5) is 18.5. The summed E-state index contributed by atoms with van der Waals surface area (Å²) in [6.45, 7) is 10.2. The van der Waals surface area contributed by atoms with Gasteiger partial charge in [-0.05, 0) is 19.3 Å². The van der Waals surface area contributed by atoms with Gasteiger partial charge >= 0.3 is 0 Å². The van der Waals surface area contributed by atoms with Crippen molar-refractivity contribution in [1.29, 1.82) is 0 Å². The largest absolute Gasteiger partial charge is 0.379 e. The number of carbonyl (C=O) groups excluding carboxylic acids is 1. The molecule has 1 aliphatic heterocycles. The Morgan fingerprint density at radius 1 is 1.43 bits per heavy atom. The molecule has 1 aromatic rings. The fourth-order valence-electron chi connectivity index (χ4n) is 2.58. The lowest BCUT2D eigenvalue weighted by atomic mass is 10.0. The Labute approximate surface area is 125 Å². The summed E-state index contributed by atoms with van der Waals surface area (Å²) in [6, 6.07) is 0.331. The minimum Gasteiger partial charge on any atom is -0.379 e. The van der Waals surface area contributed by atoms with E-state index in [1.165, 1.54) is 0 Å². The zero-order chi connectivity index (χ0) is 15.2. The van der Waals surface area contributed by atoms with E-state index in [1.807, 2.05) is 0 Å². The summed E-state index contributed by atoms with van der Waals surface area (Å²) in [5, 5.41) is 9.52. The highest BCUT2D eigenvalue weighted by Gasteiger charge is 2.23. The predicted octanol–water partition coefficient (Wildman–Crippen LogP) is 0.590. The number of carbonyl (C=O) groups is 1. The normalized spacial score (nSPS) is 17.9. The minimum absolute atomic E-state index is 0.206. The average molecular weight is 295 g/mol. The summed E-state index contributed by atoms with van der Waals surface area (Å²) in [6.07, 6.45) is 1.05. The molecule has 0 aliphatic carbocycles. The number of hydrogen-bond donors (Lipinski definition) is 2. The number of hydrogen-bond acceptors (Lipinski definition) is 5. The van der Waals surface area contributed by atoms with Gasteiger partial charge in [-0.2, -0.15) is 0 Å². The Hall–Kier alpha value is -1.47. The van der Waals surface area contributed by atoms with Gasteiger partial charge in [0.1, 0.15) is 5.82 Å². The number of aryl methyl sites for hydroxylation is 1. The maximum absolute atomic E-state index is 12.0. The van der Waals surface area contributed by atoms with Crippen molar-refractivity contribution in [3.63, 3.8) is 0 Å². The van der Waals surface area contributed by atoms with E-state index in [2.05, 4.69) is 39.2 Å². The molecule has 1 amide bonds. The molecule has 0 spiro atoms. The van der Waals surface area contributed by atoms with E-state index >= 15 is 0 Å². The van der Waals surface area contributed by atoms with Crippen LogP contribution in [0.15, 0.2) is 0 Å². The lowest BCUT2D eigenvalue weighted by Crippen LogP contribution is -2.49. The molecular weight excluding hydrogens is 270 g/mol. The zero-order valence-corrected chi connectivity index (χ0v) is 13.1. The predicted molar refractivity (Wildman–Crippen MR) is 79.1 cm³/mol. The van der Waals surface area contributed by atoms with Gasteiger partial charge in [-0.1, -0.05) is 13.8 Å². The molecule has 1 atom stereocenters. The second-order valence-corrected chi connectivity index (χ2v) is 5.89. The number of aromatic amines is 1. The van der Waals surface area contributed by atoms with Crippen molar-refractivity contribution in [2.45, 2.75) is 33.2 Å². The van der Waals surface area contributed by atoms with Crippen molar-refractivity contribution in [3.8, 4) is 0 Å². The molecular formula is C14H25N5O2. The molecule has 0 saturated carbocycles. The van der Waals surface area contributed by atoms with Crippen molar-refractivity contribution in [1.82, 2.24) is 25.4 Å². The van der Waals surface area contributed by atoms with Crippen molar-refractivity contribution in [3.05, 3.63) is 11.6 Å². The van der Waals surface area contributed by atoms with E-state index < -0.39 is 0 Å². The van der Waals surface area contributed by atoms with Crippen LogP contribution in [-0.4, -0.2) is 64.9 Å². The van der Waals surface area contributed by atoms with Crippen molar-refractivity contribution >= 4 is 5.91 Å². The van der Waals surface area contributed by atoms with Crippen LogP contribution in [0.3, 0.4) is 0 Å². The molecule has 118 valence electrons. The van der Waals surface area contributed by atoms with Crippen LogP contribution >= 0.6 is 0 Å². The molecule has 0 radical (unpaired) electrons. The summed E-state index contributed by atoms with van der Waals surface area (Å²) in [5.74, 6) is 1.21. The quantitative estimate of drug-likeness (QED) is 0.802. The SMILES string of the molecule is Cc1nc(C(=O)NCC(CC(C)C)N2CCOCC2)n[nH]1. The number of H-pyrrole nitrogens is 1. The lowest BCUT2D eigenvalue weighted by Gasteiger charge is -2.35. The second-order valence-electron chi connectivity index (χ2n) is 5.89. The Bertz CT molecular complexity index is 454. The van der Waals surface area contributed by atoms with Crippen LogP contribution in [-0.2, 0) is 4.74 Å². The highest BCUT2D eigenvalue weighted by atomic mass is 16.5. The fourth-order valence-corrected chi connectivity index (χ4v) is 2.58. The summed E-state index contributed by atoms with van der Waals surface area (Å²) >= 11 is 0. The Balaban J connectivity index is 1.90. The zero-order valence-electron chi connectivity index (χ0n) is 13.1. The number of ether oxygens (including phenoxy) is 1. The molecule has 1 saturated heterocycles. The van der Waals surface area contributed by atoms with Gasteiger partial charge in [0, 0.05) is 25.7 Å². The second kappa shape index (κ2) is 7.51. The van der Waals surface area contributed by atoms with E-state index in [0.29, 0.717) is 24.3 Å². The van der Waals surface area contributed by atoms with Crippen LogP contribution in [0.5, 0.6) is 0 Å². The third-order valence-electron chi connectivity index (χ3n) is 3.60. The molecule has 2 rings (SSSR count). The van der Waals surface area contributed by atoms with Gasteiger partial charge in [-0.25, -0.2) is 4.98 Å². The van der Waals surface area contributed by atoms with Gasteiger partial charge in [-0.3, -0.25) is 14.8 Å². The number of nitrogens with one attached hydrogen (secondary N) is 2. The van der Waals surface area contributed by atoms with E-state index in [0.717, 1.165) is 32.7 Å². The smallest absolute Gasteiger partial charge is 0.291 e. The van der Waals surface area contributed by atoms with E-state index in [1.54, 1.807) is 6.92 Å². The molecule has 1 unspecified atom stereocenters. The molecule has 21 heavy (non-hydrogen) atoms. The minimum atomic E-state index is -0.221. The molecule has 2 N–H and O–H groups in total. The van der Waals surface area contributed by atoms with Crippen LogP contribution in [0, 0.1) is 12.8 Å². The Morgan fingerprint density at radius 2 is 2.14 bits per heavy atom. The van der Waals surface area contributed by atoms with E-state index in [9.17, 15) is 4.79 Å². The highest BCUT2D eigenvalue weighted by molar-refractivity contribution is 5.90. The van der Waals surface area contributed by atoms with Crippen LogP contribution in [0.4, 0.5) is 0 Å². The maximum Gasteiger partial charge on any atom is 0.291 e. The van der Waals surface area contributed by atoms with Gasteiger partial charge in [0.2, 0.25) is 5.82 Å². The fraction of sp³-hybridized carbons (Fsp3) is 0.786. The molecule has 7 heteroatoms. The summed E-state index contributed by atoms with van der Waals surface area (Å²) < 4.78 is 5.40. The first kappa shape index (κ1) is 15.9. The first-order chi connectivity index (χ1) is 10.1. The first-order valence-corrected chi connectivity index (χ1v) is 7.55. The Morgan fingerprint density at radius 3 is 2.71 bits per heavy atom. The highest BCUT2D eigenvalue weighted by Crippen LogP contribution is 2.13. The molecule has 7 nitrogen and oxygen atoms in total. The molecule has 2 heterocycles. The summed E-state index contributed by atoms with van der Waals surface area (Å²) in [7, 11) is 0.